The first-order valence-electron chi connectivity index (χ1n) is 22.9. The molecule has 79 heavy (non-hydrogen) atoms. The van der Waals surface area contributed by atoms with Crippen molar-refractivity contribution in [2.75, 3.05) is 0 Å². The summed E-state index contributed by atoms with van der Waals surface area (Å²) in [5, 5.41) is 16.1. The minimum Gasteiger partial charge on any atom is -0.255 e. The molecule has 0 saturated carbocycles. The Hall–Kier alpha value is -8.56. The summed E-state index contributed by atoms with van der Waals surface area (Å²) in [6.45, 7) is 3.65. The van der Waals surface area contributed by atoms with Crippen molar-refractivity contribution in [3.63, 3.8) is 0 Å². The van der Waals surface area contributed by atoms with E-state index in [1.807, 2.05) is 196 Å². The molecule has 0 atom stereocenters. The molecule has 405 valence electrons. The van der Waals surface area contributed by atoms with E-state index < -0.39 is 7.81 Å². The zero-order chi connectivity index (χ0) is 54.9. The SMILES string of the molecule is CC(=N/N=C/c1ccccn1)/C(C)=N\N=C\c1ccccn1.F[P-](F)(F)(F)(F)F.[Ru+].[Ru].c1ccc(-c2ccccn2)nc1.c1ccc(-c2ccccn2)nc1.c1ccc(-c2ccccn2)nc1.c1ccc(-c2ccccn2)nc1. The number of rotatable bonds is 9. The average Bonchev–Trinajstić information content (AvgIpc) is 3.51. The van der Waals surface area contributed by atoms with Crippen molar-refractivity contribution < 1.29 is 64.1 Å². The first-order chi connectivity index (χ1) is 37.1. The molecule has 14 nitrogen and oxygen atoms in total. The van der Waals surface area contributed by atoms with Crippen molar-refractivity contribution in [1.29, 1.82) is 0 Å². The van der Waals surface area contributed by atoms with Gasteiger partial charge in [-0.1, -0.05) is 60.7 Å². The van der Waals surface area contributed by atoms with Gasteiger partial charge in [-0.3, -0.25) is 49.8 Å². The van der Waals surface area contributed by atoms with Gasteiger partial charge >= 0.3 is 52.5 Å². The van der Waals surface area contributed by atoms with E-state index in [9.17, 15) is 25.2 Å². The van der Waals surface area contributed by atoms with E-state index in [4.69, 9.17) is 0 Å². The third-order valence-electron chi connectivity index (χ3n) is 9.06. The van der Waals surface area contributed by atoms with Gasteiger partial charge in [0.25, 0.3) is 0 Å². The van der Waals surface area contributed by atoms with Gasteiger partial charge in [0.2, 0.25) is 0 Å². The Morgan fingerprint density at radius 3 is 0.608 bits per heavy atom. The molecule has 0 aliphatic rings. The van der Waals surface area contributed by atoms with Crippen molar-refractivity contribution in [1.82, 2.24) is 49.8 Å². The molecule has 0 spiro atoms. The summed E-state index contributed by atoms with van der Waals surface area (Å²) in [6.07, 6.45) is 20.7. The Morgan fingerprint density at radius 1 is 0.304 bits per heavy atom. The van der Waals surface area contributed by atoms with Crippen LogP contribution in [-0.2, 0) is 39.0 Å². The molecule has 0 unspecified atom stereocenters. The van der Waals surface area contributed by atoms with Gasteiger partial charge < -0.3 is 0 Å². The van der Waals surface area contributed by atoms with Gasteiger partial charge in [0.1, 0.15) is 0 Å². The number of nitrogens with zero attached hydrogens (tertiary/aromatic N) is 14. The first-order valence-corrected chi connectivity index (χ1v) is 24.9. The molecule has 10 rings (SSSR count). The first kappa shape index (κ1) is 64.7. The Morgan fingerprint density at radius 2 is 0.468 bits per heavy atom. The molecule has 10 aromatic heterocycles. The third-order valence-corrected chi connectivity index (χ3v) is 9.06. The van der Waals surface area contributed by atoms with Crippen LogP contribution in [0.3, 0.4) is 0 Å². The number of halogens is 6. The number of hydrogen-bond acceptors (Lipinski definition) is 14. The summed E-state index contributed by atoms with van der Waals surface area (Å²) in [5.41, 5.74) is 10.2. The second-order valence-electron chi connectivity index (χ2n) is 15.0. The predicted molar refractivity (Wildman–Crippen MR) is 293 cm³/mol. The Kier molecular flexibility index (Phi) is 27.5. The molecule has 0 N–H and O–H groups in total. The molecule has 1 radical (unpaired) electrons. The summed E-state index contributed by atoms with van der Waals surface area (Å²) in [6, 6.07) is 57.6. The van der Waals surface area contributed by atoms with Crippen LogP contribution in [0.25, 0.3) is 45.6 Å². The Labute approximate surface area is 478 Å². The Bertz CT molecular complexity index is 2800. The monoisotopic (exact) mass is 1270 g/mol. The average molecular weight is 1260 g/mol. The van der Waals surface area contributed by atoms with E-state index in [0.717, 1.165) is 56.9 Å². The van der Waals surface area contributed by atoms with Crippen LogP contribution in [0.2, 0.25) is 0 Å². The molecule has 10 aromatic rings. The van der Waals surface area contributed by atoms with E-state index in [1.165, 1.54) is 0 Å². The van der Waals surface area contributed by atoms with Crippen LogP contribution in [-0.4, -0.2) is 73.7 Å². The molecule has 0 aromatic carbocycles. The van der Waals surface area contributed by atoms with E-state index in [0.29, 0.717) is 11.4 Å². The fraction of sp³-hybridized carbons (Fsp3) is 0.0357. The maximum absolute atomic E-state index is 10.7. The number of pyridine rings is 10. The van der Waals surface area contributed by atoms with E-state index in [-0.39, 0.29) is 39.0 Å². The van der Waals surface area contributed by atoms with Gasteiger partial charge in [-0.2, -0.15) is 20.4 Å². The summed E-state index contributed by atoms with van der Waals surface area (Å²) < 4.78 is 59.2. The zero-order valence-electron chi connectivity index (χ0n) is 41.9. The molecule has 0 bridgehead atoms. The van der Waals surface area contributed by atoms with Crippen LogP contribution in [0.1, 0.15) is 25.2 Å². The van der Waals surface area contributed by atoms with Crippen LogP contribution in [0.15, 0.2) is 264 Å². The molecule has 10 heterocycles. The van der Waals surface area contributed by atoms with Gasteiger partial charge in [0, 0.05) is 81.4 Å². The molecular formula is C56H48F6N14PRu2. The minimum atomic E-state index is -10.7. The van der Waals surface area contributed by atoms with Gasteiger partial charge in [-0.15, -0.1) is 0 Å². The van der Waals surface area contributed by atoms with Crippen LogP contribution >= 0.6 is 7.81 Å². The smallest absolute Gasteiger partial charge is 0.255 e. The van der Waals surface area contributed by atoms with E-state index >= 15 is 0 Å². The summed E-state index contributed by atoms with van der Waals surface area (Å²) in [4.78, 5) is 41.7. The zero-order valence-corrected chi connectivity index (χ0v) is 46.3. The van der Waals surface area contributed by atoms with Crippen molar-refractivity contribution in [3.8, 4) is 45.6 Å². The number of hydrogen-bond donors (Lipinski definition) is 0. The third kappa shape index (κ3) is 29.5. The summed E-state index contributed by atoms with van der Waals surface area (Å²) in [7, 11) is -10.7. The van der Waals surface area contributed by atoms with Crippen molar-refractivity contribution in [3.05, 3.63) is 255 Å². The molecule has 0 saturated heterocycles. The van der Waals surface area contributed by atoms with Crippen LogP contribution in [0.5, 0.6) is 0 Å². The normalized spacial score (nSPS) is 11.6. The fourth-order valence-electron chi connectivity index (χ4n) is 5.51. The van der Waals surface area contributed by atoms with E-state index in [2.05, 4.69) is 70.2 Å². The topological polar surface area (TPSA) is 178 Å². The molecule has 23 heteroatoms. The largest absolute Gasteiger partial charge is 1.00 e. The number of aromatic nitrogens is 10. The standard InChI is InChI=1S/C16H16N6.4C10H8N2.F6P.2Ru/c1-13(21-19-11-15-7-3-5-9-17-15)14(2)22-20-12-16-8-4-6-10-18-16;4*1-3-7-11-9(5-1)10-6-2-4-8-12-10;1-7(2,3,4,5)6;;/h3-12H,1-2H3;4*1-8H;;;/q;;;;;-1;;+1/b19-11+,20-12+,21-13-,22-14-;;;;;;;. The van der Waals surface area contributed by atoms with Crippen molar-refractivity contribution in [2.45, 2.75) is 13.8 Å². The second-order valence-corrected chi connectivity index (χ2v) is 17.0. The molecule has 0 aliphatic carbocycles. The summed E-state index contributed by atoms with van der Waals surface area (Å²) >= 11 is 0. The van der Waals surface area contributed by atoms with Gasteiger partial charge in [0.15, 0.2) is 0 Å². The summed E-state index contributed by atoms with van der Waals surface area (Å²) in [5.74, 6) is 0. The molecule has 0 aliphatic heterocycles. The van der Waals surface area contributed by atoms with Crippen molar-refractivity contribution in [2.24, 2.45) is 20.4 Å². The van der Waals surface area contributed by atoms with Crippen LogP contribution in [0, 0.1) is 0 Å². The second kappa shape index (κ2) is 33.6. The minimum absolute atomic E-state index is 0. The molecule has 0 amide bonds. The fourth-order valence-corrected chi connectivity index (χ4v) is 5.51. The molecule has 0 fully saturated rings. The maximum atomic E-state index is 9.87. The maximum Gasteiger partial charge on any atom is 1.00 e. The van der Waals surface area contributed by atoms with Gasteiger partial charge in [-0.05, 0) is 135 Å². The van der Waals surface area contributed by atoms with Crippen molar-refractivity contribution >= 4 is 31.7 Å². The quantitative estimate of drug-likeness (QED) is 0.0444. The predicted octanol–water partition coefficient (Wildman–Crippen LogP) is 14.7. The van der Waals surface area contributed by atoms with Crippen LogP contribution in [0.4, 0.5) is 25.2 Å². The van der Waals surface area contributed by atoms with Crippen LogP contribution < -0.4 is 0 Å². The van der Waals surface area contributed by atoms with Gasteiger partial charge in [-0.25, -0.2) is 0 Å². The molecular weight excluding hydrogens is 1220 g/mol. The van der Waals surface area contributed by atoms with Gasteiger partial charge in [0.05, 0.1) is 80.8 Å². The Balaban J connectivity index is 0.000000256. The van der Waals surface area contributed by atoms with E-state index in [1.54, 1.807) is 74.4 Å².